The van der Waals surface area contributed by atoms with E-state index < -0.39 is 28.1 Å². The number of carbonyl (C=O) groups is 1. The van der Waals surface area contributed by atoms with E-state index in [0.29, 0.717) is 10.6 Å². The van der Waals surface area contributed by atoms with Crippen molar-refractivity contribution in [3.63, 3.8) is 0 Å². The van der Waals surface area contributed by atoms with Gasteiger partial charge in [-0.3, -0.25) is 4.21 Å². The lowest BCUT2D eigenvalue weighted by atomic mass is 10.1. The van der Waals surface area contributed by atoms with Gasteiger partial charge in [0.15, 0.2) is 0 Å². The summed E-state index contributed by atoms with van der Waals surface area (Å²) in [4.78, 5) is 11.2. The van der Waals surface area contributed by atoms with E-state index in [4.69, 9.17) is 5.11 Å². The van der Waals surface area contributed by atoms with Gasteiger partial charge in [0.2, 0.25) is 0 Å². The van der Waals surface area contributed by atoms with Gasteiger partial charge < -0.3 is 5.11 Å². The van der Waals surface area contributed by atoms with Crippen molar-refractivity contribution in [2.75, 3.05) is 5.75 Å². The van der Waals surface area contributed by atoms with Crippen LogP contribution in [-0.2, 0) is 10.8 Å². The SMILES string of the molecule is CCCCCCCCCS(=O)c1ccc(F)c(C(=O)O)c1. The topological polar surface area (TPSA) is 54.4 Å². The molecule has 0 amide bonds. The van der Waals surface area contributed by atoms with Crippen LogP contribution in [0.25, 0.3) is 0 Å². The van der Waals surface area contributed by atoms with E-state index in [2.05, 4.69) is 6.92 Å². The molecule has 1 atom stereocenters. The third-order valence-corrected chi connectivity index (χ3v) is 4.80. The van der Waals surface area contributed by atoms with Gasteiger partial charge in [0.05, 0.1) is 16.4 Å². The Balaban J connectivity index is 2.39. The largest absolute Gasteiger partial charge is 0.478 e. The highest BCUT2D eigenvalue weighted by molar-refractivity contribution is 7.85. The maximum Gasteiger partial charge on any atom is 0.338 e. The van der Waals surface area contributed by atoms with Gasteiger partial charge in [-0.1, -0.05) is 45.4 Å². The molecule has 0 aliphatic carbocycles. The van der Waals surface area contributed by atoms with E-state index in [9.17, 15) is 13.4 Å². The first kappa shape index (κ1) is 17.8. The van der Waals surface area contributed by atoms with E-state index in [1.807, 2.05) is 0 Å². The van der Waals surface area contributed by atoms with Crippen LogP contribution in [-0.4, -0.2) is 21.0 Å². The molecule has 0 aromatic heterocycles. The molecule has 0 fully saturated rings. The summed E-state index contributed by atoms with van der Waals surface area (Å²) < 4.78 is 25.3. The molecule has 0 heterocycles. The minimum absolute atomic E-state index is 0.389. The fourth-order valence-electron chi connectivity index (χ4n) is 2.12. The number of carboxylic acid groups (broad SMARTS) is 1. The molecule has 1 rings (SSSR count). The van der Waals surface area contributed by atoms with Crippen molar-refractivity contribution in [2.24, 2.45) is 0 Å². The van der Waals surface area contributed by atoms with Gasteiger partial charge in [0, 0.05) is 10.6 Å². The molecule has 0 aliphatic heterocycles. The molecule has 1 N–H and O–H groups in total. The first-order valence-corrected chi connectivity index (χ1v) is 8.79. The number of aromatic carboxylic acids is 1. The molecule has 0 saturated carbocycles. The Kier molecular flexibility index (Phi) is 8.20. The summed E-state index contributed by atoms with van der Waals surface area (Å²) in [7, 11) is -1.26. The number of unbranched alkanes of at least 4 members (excludes halogenated alkanes) is 6. The number of hydrogen-bond acceptors (Lipinski definition) is 2. The molecule has 1 aromatic carbocycles. The lowest BCUT2D eigenvalue weighted by Crippen LogP contribution is -2.04. The predicted molar refractivity (Wildman–Crippen MR) is 82.6 cm³/mol. The molecule has 0 saturated heterocycles. The Bertz CT molecular complexity index is 488. The normalized spacial score (nSPS) is 12.3. The zero-order valence-electron chi connectivity index (χ0n) is 12.4. The second-order valence-electron chi connectivity index (χ2n) is 5.12. The average molecular weight is 314 g/mol. The molecule has 0 radical (unpaired) electrons. The molecule has 5 heteroatoms. The lowest BCUT2D eigenvalue weighted by Gasteiger charge is -2.05. The highest BCUT2D eigenvalue weighted by Gasteiger charge is 2.13. The van der Waals surface area contributed by atoms with Crippen molar-refractivity contribution in [2.45, 2.75) is 56.8 Å². The van der Waals surface area contributed by atoms with Crippen LogP contribution in [0.15, 0.2) is 23.1 Å². The molecule has 21 heavy (non-hydrogen) atoms. The van der Waals surface area contributed by atoms with Gasteiger partial charge >= 0.3 is 5.97 Å². The maximum atomic E-state index is 13.3. The minimum Gasteiger partial charge on any atom is -0.478 e. The first-order chi connectivity index (χ1) is 10.1. The smallest absolute Gasteiger partial charge is 0.338 e. The molecular weight excluding hydrogens is 291 g/mol. The van der Waals surface area contributed by atoms with E-state index >= 15 is 0 Å². The van der Waals surface area contributed by atoms with Crippen molar-refractivity contribution in [3.8, 4) is 0 Å². The molecule has 118 valence electrons. The predicted octanol–water partition coefficient (Wildman–Crippen LogP) is 4.38. The fourth-order valence-corrected chi connectivity index (χ4v) is 3.29. The van der Waals surface area contributed by atoms with E-state index in [1.165, 1.54) is 37.8 Å². The van der Waals surface area contributed by atoms with Gasteiger partial charge in [-0.15, -0.1) is 0 Å². The van der Waals surface area contributed by atoms with Crippen LogP contribution in [0, 0.1) is 5.82 Å². The Morgan fingerprint density at radius 1 is 1.14 bits per heavy atom. The van der Waals surface area contributed by atoms with Crippen molar-refractivity contribution in [3.05, 3.63) is 29.6 Å². The van der Waals surface area contributed by atoms with Gasteiger partial charge in [-0.05, 0) is 24.6 Å². The number of rotatable bonds is 10. The molecule has 0 bridgehead atoms. The summed E-state index contributed by atoms with van der Waals surface area (Å²) in [5, 5.41) is 8.85. The summed E-state index contributed by atoms with van der Waals surface area (Å²) in [6.45, 7) is 2.18. The molecule has 1 unspecified atom stereocenters. The molecular formula is C16H23FO3S. The van der Waals surface area contributed by atoms with Crippen LogP contribution < -0.4 is 0 Å². The Hall–Kier alpha value is -1.23. The summed E-state index contributed by atoms with van der Waals surface area (Å²) in [5.74, 6) is -1.63. The highest BCUT2D eigenvalue weighted by atomic mass is 32.2. The van der Waals surface area contributed by atoms with E-state index in [1.54, 1.807) is 0 Å². The minimum atomic E-state index is -1.33. The Labute approximate surface area is 128 Å². The van der Waals surface area contributed by atoms with Crippen molar-refractivity contribution >= 4 is 16.8 Å². The van der Waals surface area contributed by atoms with Gasteiger partial charge in [-0.2, -0.15) is 0 Å². The zero-order valence-corrected chi connectivity index (χ0v) is 13.3. The molecule has 0 spiro atoms. The Morgan fingerprint density at radius 3 is 2.38 bits per heavy atom. The number of halogens is 1. The van der Waals surface area contributed by atoms with Crippen LogP contribution in [0.3, 0.4) is 0 Å². The summed E-state index contributed by atoms with van der Waals surface area (Å²) in [6, 6.07) is 3.65. The third kappa shape index (κ3) is 6.38. The first-order valence-electron chi connectivity index (χ1n) is 7.47. The number of hydrogen-bond donors (Lipinski definition) is 1. The highest BCUT2D eigenvalue weighted by Crippen LogP contribution is 2.16. The Morgan fingerprint density at radius 2 is 1.76 bits per heavy atom. The quantitative estimate of drug-likeness (QED) is 0.652. The van der Waals surface area contributed by atoms with Gasteiger partial charge in [-0.25, -0.2) is 9.18 Å². The summed E-state index contributed by atoms with van der Waals surface area (Å²) in [6.07, 6.45) is 7.96. The van der Waals surface area contributed by atoms with Crippen LogP contribution in [0.1, 0.15) is 62.2 Å². The van der Waals surface area contributed by atoms with Crippen molar-refractivity contribution < 1.29 is 18.5 Å². The molecule has 1 aromatic rings. The summed E-state index contributed by atoms with van der Waals surface area (Å²) in [5.41, 5.74) is -0.416. The second kappa shape index (κ2) is 9.66. The van der Waals surface area contributed by atoms with Crippen LogP contribution in [0.4, 0.5) is 4.39 Å². The van der Waals surface area contributed by atoms with E-state index in [-0.39, 0.29) is 0 Å². The zero-order chi connectivity index (χ0) is 15.7. The van der Waals surface area contributed by atoms with Gasteiger partial charge in [0.1, 0.15) is 5.82 Å². The lowest BCUT2D eigenvalue weighted by molar-refractivity contribution is 0.0691. The molecule has 3 nitrogen and oxygen atoms in total. The van der Waals surface area contributed by atoms with Crippen molar-refractivity contribution in [1.82, 2.24) is 0 Å². The second-order valence-corrected chi connectivity index (χ2v) is 6.69. The van der Waals surface area contributed by atoms with Crippen LogP contribution in [0.2, 0.25) is 0 Å². The molecule has 0 aliphatic rings. The van der Waals surface area contributed by atoms with Crippen LogP contribution in [0.5, 0.6) is 0 Å². The van der Waals surface area contributed by atoms with Crippen molar-refractivity contribution in [1.29, 1.82) is 0 Å². The summed E-state index contributed by atoms with van der Waals surface area (Å²) >= 11 is 0. The van der Waals surface area contributed by atoms with E-state index in [0.717, 1.165) is 25.3 Å². The fraction of sp³-hybridized carbons (Fsp3) is 0.562. The van der Waals surface area contributed by atoms with Crippen LogP contribution >= 0.6 is 0 Å². The maximum absolute atomic E-state index is 13.3. The number of benzene rings is 1. The number of carboxylic acids is 1. The standard InChI is InChI=1S/C16H23FO3S/c1-2-3-4-5-6-7-8-11-21(20)13-9-10-15(17)14(12-13)16(18)19/h9-10,12H,2-8,11H2,1H3,(H,18,19). The van der Waals surface area contributed by atoms with Gasteiger partial charge in [0.25, 0.3) is 0 Å². The third-order valence-electron chi connectivity index (χ3n) is 3.36. The average Bonchev–Trinajstić information content (AvgIpc) is 2.46. The monoisotopic (exact) mass is 314 g/mol.